The van der Waals surface area contributed by atoms with Gasteiger partial charge in [-0.3, -0.25) is 0 Å². The van der Waals surface area contributed by atoms with Gasteiger partial charge in [-0.15, -0.1) is 0 Å². The Bertz CT molecular complexity index is 988. The minimum absolute atomic E-state index is 0.0403. The molecule has 3 heterocycles. The SMILES string of the molecule is O=C([O-])c1cc(-c2ccccc2)nc2onc(-c3ccco3)c12. The van der Waals surface area contributed by atoms with E-state index in [1.807, 2.05) is 30.3 Å². The van der Waals surface area contributed by atoms with Crippen molar-refractivity contribution < 1.29 is 18.8 Å². The van der Waals surface area contributed by atoms with Gasteiger partial charge >= 0.3 is 0 Å². The Hall–Kier alpha value is -3.41. The van der Waals surface area contributed by atoms with E-state index in [2.05, 4.69) is 10.1 Å². The molecule has 6 heteroatoms. The number of rotatable bonds is 3. The zero-order valence-corrected chi connectivity index (χ0v) is 11.7. The number of nitrogens with zero attached hydrogens (tertiary/aromatic N) is 2. The van der Waals surface area contributed by atoms with Crippen LogP contribution in [-0.2, 0) is 0 Å². The van der Waals surface area contributed by atoms with Gasteiger partial charge in [0.05, 0.1) is 23.3 Å². The van der Waals surface area contributed by atoms with Gasteiger partial charge in [-0.1, -0.05) is 35.5 Å². The molecule has 0 saturated heterocycles. The summed E-state index contributed by atoms with van der Waals surface area (Å²) in [5.41, 5.74) is 1.61. The highest BCUT2D eigenvalue weighted by Gasteiger charge is 2.19. The summed E-state index contributed by atoms with van der Waals surface area (Å²) in [6.07, 6.45) is 1.47. The maximum absolute atomic E-state index is 11.6. The molecule has 0 fully saturated rings. The van der Waals surface area contributed by atoms with Gasteiger partial charge in [0.1, 0.15) is 0 Å². The third-order valence-electron chi connectivity index (χ3n) is 3.49. The Morgan fingerprint density at radius 3 is 2.61 bits per heavy atom. The lowest BCUT2D eigenvalue weighted by atomic mass is 10.0. The number of hydrogen-bond acceptors (Lipinski definition) is 6. The lowest BCUT2D eigenvalue weighted by molar-refractivity contribution is -0.254. The molecule has 23 heavy (non-hydrogen) atoms. The molecule has 0 amide bonds. The molecule has 0 aliphatic heterocycles. The summed E-state index contributed by atoms with van der Waals surface area (Å²) in [7, 11) is 0. The molecule has 0 unspecified atom stereocenters. The third kappa shape index (κ3) is 2.17. The van der Waals surface area contributed by atoms with Gasteiger partial charge in [0.2, 0.25) is 0 Å². The standard InChI is InChI=1S/C17H10N2O4/c20-17(21)11-9-12(10-5-2-1-3-6-10)18-16-14(11)15(19-23-16)13-7-4-8-22-13/h1-9H,(H,20,21)/p-1. The number of carboxylic acids is 1. The number of aromatic carboxylic acids is 1. The largest absolute Gasteiger partial charge is 0.545 e. The smallest absolute Gasteiger partial charge is 0.259 e. The number of carboxylic acid groups (broad SMARTS) is 1. The van der Waals surface area contributed by atoms with Crippen LogP contribution in [-0.4, -0.2) is 16.1 Å². The van der Waals surface area contributed by atoms with E-state index < -0.39 is 5.97 Å². The molecule has 4 aromatic rings. The van der Waals surface area contributed by atoms with Gasteiger partial charge in [-0.05, 0) is 18.2 Å². The molecule has 0 bridgehead atoms. The van der Waals surface area contributed by atoms with Gasteiger partial charge in [-0.25, -0.2) is 4.98 Å². The first-order valence-electron chi connectivity index (χ1n) is 6.85. The summed E-state index contributed by atoms with van der Waals surface area (Å²) < 4.78 is 10.5. The van der Waals surface area contributed by atoms with Crippen molar-refractivity contribution in [2.45, 2.75) is 0 Å². The topological polar surface area (TPSA) is 92.2 Å². The van der Waals surface area contributed by atoms with Crippen LogP contribution in [0.25, 0.3) is 33.8 Å². The molecule has 3 aromatic heterocycles. The number of benzene rings is 1. The lowest BCUT2D eigenvalue weighted by Gasteiger charge is -2.07. The Balaban J connectivity index is 2.01. The van der Waals surface area contributed by atoms with E-state index >= 15 is 0 Å². The first-order valence-corrected chi connectivity index (χ1v) is 6.85. The fourth-order valence-corrected chi connectivity index (χ4v) is 2.45. The third-order valence-corrected chi connectivity index (χ3v) is 3.49. The first kappa shape index (κ1) is 13.3. The van der Waals surface area contributed by atoms with Crippen LogP contribution in [0.5, 0.6) is 0 Å². The molecule has 1 aromatic carbocycles. The number of furan rings is 1. The van der Waals surface area contributed by atoms with E-state index in [0.717, 1.165) is 5.56 Å². The minimum atomic E-state index is -1.33. The molecule has 4 rings (SSSR count). The van der Waals surface area contributed by atoms with E-state index in [9.17, 15) is 9.90 Å². The van der Waals surface area contributed by atoms with Crippen LogP contribution < -0.4 is 5.11 Å². The number of pyridine rings is 1. The zero-order valence-electron chi connectivity index (χ0n) is 11.7. The summed E-state index contributed by atoms with van der Waals surface area (Å²) in [6.45, 7) is 0. The normalized spacial score (nSPS) is 11.0. The Morgan fingerprint density at radius 2 is 1.91 bits per heavy atom. The number of aromatic nitrogens is 2. The Labute approximate surface area is 130 Å². The highest BCUT2D eigenvalue weighted by molar-refractivity contribution is 6.06. The van der Waals surface area contributed by atoms with Gasteiger partial charge < -0.3 is 18.8 Å². The van der Waals surface area contributed by atoms with Crippen LogP contribution in [0.2, 0.25) is 0 Å². The molecule has 112 valence electrons. The quantitative estimate of drug-likeness (QED) is 0.577. The predicted octanol–water partition coefficient (Wildman–Crippen LogP) is 2.51. The van der Waals surface area contributed by atoms with Crippen LogP contribution in [0.3, 0.4) is 0 Å². The van der Waals surface area contributed by atoms with Gasteiger partial charge in [0.15, 0.2) is 11.5 Å². The summed E-state index contributed by atoms with van der Waals surface area (Å²) in [4.78, 5) is 15.9. The zero-order chi connectivity index (χ0) is 15.8. The van der Waals surface area contributed by atoms with Crippen molar-refractivity contribution in [3.63, 3.8) is 0 Å². The molecule has 6 nitrogen and oxygen atoms in total. The lowest BCUT2D eigenvalue weighted by Crippen LogP contribution is -2.22. The molecule has 0 aliphatic carbocycles. The molecule has 0 aliphatic rings. The van der Waals surface area contributed by atoms with Gasteiger partial charge in [0, 0.05) is 11.1 Å². The summed E-state index contributed by atoms with van der Waals surface area (Å²) in [6, 6.07) is 14.0. The van der Waals surface area contributed by atoms with Crippen molar-refractivity contribution in [2.24, 2.45) is 0 Å². The van der Waals surface area contributed by atoms with E-state index in [-0.39, 0.29) is 22.4 Å². The molecule has 0 spiro atoms. The number of fused-ring (bicyclic) bond motifs is 1. The molecule has 0 radical (unpaired) electrons. The van der Waals surface area contributed by atoms with Gasteiger partial charge in [0.25, 0.3) is 5.71 Å². The van der Waals surface area contributed by atoms with Crippen molar-refractivity contribution in [2.75, 3.05) is 0 Å². The molecule has 0 atom stereocenters. The fourth-order valence-electron chi connectivity index (χ4n) is 2.45. The van der Waals surface area contributed by atoms with Crippen molar-refractivity contribution in [1.29, 1.82) is 0 Å². The molecule has 0 saturated carbocycles. The molecular formula is C17H9N2O4-. The minimum Gasteiger partial charge on any atom is -0.545 e. The van der Waals surface area contributed by atoms with Crippen LogP contribution in [0.4, 0.5) is 0 Å². The summed E-state index contributed by atoms with van der Waals surface area (Å²) >= 11 is 0. The van der Waals surface area contributed by atoms with E-state index in [0.29, 0.717) is 11.5 Å². The second-order valence-corrected chi connectivity index (χ2v) is 4.90. The van der Waals surface area contributed by atoms with E-state index in [4.69, 9.17) is 8.94 Å². The van der Waals surface area contributed by atoms with Crippen molar-refractivity contribution in [1.82, 2.24) is 10.1 Å². The Kier molecular flexibility index (Phi) is 2.94. The van der Waals surface area contributed by atoms with E-state index in [1.165, 1.54) is 12.3 Å². The number of carbonyl (C=O) groups is 1. The average Bonchev–Trinajstić information content (AvgIpc) is 3.23. The maximum atomic E-state index is 11.6. The van der Waals surface area contributed by atoms with Crippen LogP contribution in [0, 0.1) is 0 Å². The van der Waals surface area contributed by atoms with Crippen LogP contribution in [0.1, 0.15) is 10.4 Å². The van der Waals surface area contributed by atoms with Gasteiger partial charge in [-0.2, -0.15) is 0 Å². The maximum Gasteiger partial charge on any atom is 0.259 e. The van der Waals surface area contributed by atoms with Crippen LogP contribution in [0.15, 0.2) is 63.7 Å². The van der Waals surface area contributed by atoms with Crippen molar-refractivity contribution in [3.8, 4) is 22.7 Å². The second kappa shape index (κ2) is 5.10. The fraction of sp³-hybridized carbons (Fsp3) is 0. The average molecular weight is 305 g/mol. The predicted molar refractivity (Wildman–Crippen MR) is 79.3 cm³/mol. The summed E-state index contributed by atoms with van der Waals surface area (Å²) in [5, 5.41) is 15.7. The number of carbonyl (C=O) groups excluding carboxylic acids is 1. The number of hydrogen-bond donors (Lipinski definition) is 0. The molecular weight excluding hydrogens is 296 g/mol. The second-order valence-electron chi connectivity index (χ2n) is 4.90. The van der Waals surface area contributed by atoms with Crippen molar-refractivity contribution in [3.05, 3.63) is 60.4 Å². The highest BCUT2D eigenvalue weighted by Crippen LogP contribution is 2.32. The highest BCUT2D eigenvalue weighted by atomic mass is 16.5. The van der Waals surface area contributed by atoms with Crippen LogP contribution >= 0.6 is 0 Å². The Morgan fingerprint density at radius 1 is 1.09 bits per heavy atom. The first-order chi connectivity index (χ1) is 11.2. The van der Waals surface area contributed by atoms with Crippen molar-refractivity contribution >= 4 is 17.1 Å². The van der Waals surface area contributed by atoms with E-state index in [1.54, 1.807) is 12.1 Å². The molecule has 0 N–H and O–H groups in total. The monoisotopic (exact) mass is 305 g/mol. The summed E-state index contributed by atoms with van der Waals surface area (Å²) in [5.74, 6) is -0.925.